The monoisotopic (exact) mass is 378 g/mol. The molecule has 0 spiro atoms. The van der Waals surface area contributed by atoms with Crippen LogP contribution in [0.1, 0.15) is 25.8 Å². The Morgan fingerprint density at radius 2 is 1.96 bits per heavy atom. The molecule has 2 rings (SSSR count). The summed E-state index contributed by atoms with van der Waals surface area (Å²) in [5, 5.41) is 2.89. The number of halogens is 1. The molecule has 1 heterocycles. The van der Waals surface area contributed by atoms with Gasteiger partial charge in [0.15, 0.2) is 0 Å². The normalized spacial score (nSPS) is 16.7. The topological polar surface area (TPSA) is 55.9 Å². The number of nitrogens with one attached hydrogen (secondary N) is 1. The van der Waals surface area contributed by atoms with Crippen LogP contribution in [0.4, 0.5) is 4.39 Å². The number of likely N-dealkylation sites (N-methyl/N-ethyl adjacent to an activating group) is 1. The Morgan fingerprint density at radius 3 is 2.59 bits per heavy atom. The molecular formula is C20H31FN4O2. The largest absolute Gasteiger partial charge is 0.355 e. The molecular weight excluding hydrogens is 347 g/mol. The summed E-state index contributed by atoms with van der Waals surface area (Å²) in [6.07, 6.45) is 0.933. The average Bonchev–Trinajstić information content (AvgIpc) is 2.65. The second-order valence-corrected chi connectivity index (χ2v) is 7.16. The van der Waals surface area contributed by atoms with Gasteiger partial charge in [-0.15, -0.1) is 0 Å². The summed E-state index contributed by atoms with van der Waals surface area (Å²) in [6.45, 7) is 8.49. The second kappa shape index (κ2) is 10.4. The summed E-state index contributed by atoms with van der Waals surface area (Å²) in [4.78, 5) is 30.5. The van der Waals surface area contributed by atoms with Crippen LogP contribution in [0.3, 0.4) is 0 Å². The molecule has 27 heavy (non-hydrogen) atoms. The van der Waals surface area contributed by atoms with Gasteiger partial charge in [0.05, 0.1) is 12.6 Å². The van der Waals surface area contributed by atoms with Crippen LogP contribution in [-0.4, -0.2) is 78.9 Å². The van der Waals surface area contributed by atoms with Gasteiger partial charge < -0.3 is 10.2 Å². The molecule has 1 N–H and O–H groups in total. The fraction of sp³-hybridized carbons (Fsp3) is 0.600. The van der Waals surface area contributed by atoms with E-state index in [1.807, 2.05) is 19.9 Å². The van der Waals surface area contributed by atoms with Gasteiger partial charge in [-0.05, 0) is 31.0 Å². The zero-order chi connectivity index (χ0) is 19.8. The van der Waals surface area contributed by atoms with Crippen molar-refractivity contribution in [3.8, 4) is 0 Å². The Morgan fingerprint density at radius 1 is 1.26 bits per heavy atom. The fourth-order valence-corrected chi connectivity index (χ4v) is 3.29. The number of hydrogen-bond acceptors (Lipinski definition) is 4. The van der Waals surface area contributed by atoms with E-state index >= 15 is 0 Å². The van der Waals surface area contributed by atoms with E-state index in [9.17, 15) is 14.0 Å². The molecule has 1 aromatic carbocycles. The Hall–Kier alpha value is -1.99. The summed E-state index contributed by atoms with van der Waals surface area (Å²) < 4.78 is 13.3. The van der Waals surface area contributed by atoms with Crippen LogP contribution in [-0.2, 0) is 16.1 Å². The van der Waals surface area contributed by atoms with E-state index in [0.717, 1.165) is 38.2 Å². The van der Waals surface area contributed by atoms with Crippen LogP contribution >= 0.6 is 0 Å². The van der Waals surface area contributed by atoms with Gasteiger partial charge in [0.2, 0.25) is 11.8 Å². The van der Waals surface area contributed by atoms with Gasteiger partial charge in [-0.2, -0.15) is 0 Å². The lowest BCUT2D eigenvalue weighted by atomic mass is 10.1. The van der Waals surface area contributed by atoms with Crippen molar-refractivity contribution in [1.82, 2.24) is 20.0 Å². The molecule has 0 saturated carbocycles. The van der Waals surface area contributed by atoms with E-state index in [2.05, 4.69) is 15.1 Å². The molecule has 1 fully saturated rings. The van der Waals surface area contributed by atoms with Gasteiger partial charge in [0, 0.05) is 46.3 Å². The van der Waals surface area contributed by atoms with Gasteiger partial charge in [0.1, 0.15) is 5.82 Å². The van der Waals surface area contributed by atoms with Gasteiger partial charge in [-0.1, -0.05) is 19.1 Å². The molecule has 7 heteroatoms. The molecule has 0 radical (unpaired) electrons. The van der Waals surface area contributed by atoms with Crippen molar-refractivity contribution in [1.29, 1.82) is 0 Å². The minimum atomic E-state index is -0.291. The summed E-state index contributed by atoms with van der Waals surface area (Å²) in [7, 11) is 1.75. The van der Waals surface area contributed by atoms with E-state index in [-0.39, 0.29) is 23.7 Å². The lowest BCUT2D eigenvalue weighted by Gasteiger charge is -2.38. The molecule has 1 saturated heterocycles. The highest BCUT2D eigenvalue weighted by molar-refractivity contribution is 5.81. The molecule has 2 amide bonds. The number of rotatable bonds is 8. The number of carbonyl (C=O) groups is 2. The Labute approximate surface area is 161 Å². The first-order chi connectivity index (χ1) is 12.9. The molecule has 0 aromatic heterocycles. The lowest BCUT2D eigenvalue weighted by molar-refractivity contribution is -0.136. The fourth-order valence-electron chi connectivity index (χ4n) is 3.29. The molecule has 1 aliphatic rings. The molecule has 0 bridgehead atoms. The molecule has 0 aliphatic carbocycles. The minimum Gasteiger partial charge on any atom is -0.355 e. The number of carbonyl (C=O) groups excluding carboxylic acids is 2. The number of hydrogen-bond donors (Lipinski definition) is 1. The van der Waals surface area contributed by atoms with Crippen molar-refractivity contribution in [2.24, 2.45) is 0 Å². The van der Waals surface area contributed by atoms with Crippen LogP contribution in [0, 0.1) is 5.82 Å². The van der Waals surface area contributed by atoms with E-state index < -0.39 is 0 Å². The van der Waals surface area contributed by atoms with Crippen molar-refractivity contribution < 1.29 is 14.0 Å². The third-order valence-corrected chi connectivity index (χ3v) is 4.94. The van der Waals surface area contributed by atoms with Crippen molar-refractivity contribution >= 4 is 11.8 Å². The second-order valence-electron chi connectivity index (χ2n) is 7.16. The smallest absolute Gasteiger partial charge is 0.239 e. The maximum atomic E-state index is 13.3. The van der Waals surface area contributed by atoms with Crippen molar-refractivity contribution in [2.75, 3.05) is 46.3 Å². The highest BCUT2D eigenvalue weighted by Crippen LogP contribution is 2.11. The van der Waals surface area contributed by atoms with Crippen molar-refractivity contribution in [3.05, 3.63) is 35.6 Å². The molecule has 1 aromatic rings. The van der Waals surface area contributed by atoms with E-state index in [0.29, 0.717) is 19.6 Å². The molecule has 150 valence electrons. The van der Waals surface area contributed by atoms with Crippen LogP contribution < -0.4 is 5.32 Å². The lowest BCUT2D eigenvalue weighted by Crippen LogP contribution is -2.55. The Bertz CT molecular complexity index is 632. The van der Waals surface area contributed by atoms with Crippen LogP contribution in [0.2, 0.25) is 0 Å². The highest BCUT2D eigenvalue weighted by atomic mass is 19.1. The molecule has 6 nitrogen and oxygen atoms in total. The van der Waals surface area contributed by atoms with E-state index in [4.69, 9.17) is 0 Å². The Kier molecular flexibility index (Phi) is 8.19. The predicted molar refractivity (Wildman–Crippen MR) is 104 cm³/mol. The highest BCUT2D eigenvalue weighted by Gasteiger charge is 2.28. The first-order valence-electron chi connectivity index (χ1n) is 9.63. The maximum Gasteiger partial charge on any atom is 0.239 e. The maximum absolute atomic E-state index is 13.3. The summed E-state index contributed by atoms with van der Waals surface area (Å²) >= 11 is 0. The zero-order valence-corrected chi connectivity index (χ0v) is 16.6. The van der Waals surface area contributed by atoms with Gasteiger partial charge >= 0.3 is 0 Å². The number of piperazine rings is 1. The SMILES string of the molecule is CCCNC(=O)CN1CCN(C(C)C(=O)N(C)Cc2cccc(F)c2)CC1. The quantitative estimate of drug-likeness (QED) is 0.741. The molecule has 1 unspecified atom stereocenters. The zero-order valence-electron chi connectivity index (χ0n) is 16.6. The van der Waals surface area contributed by atoms with Crippen molar-refractivity contribution in [3.63, 3.8) is 0 Å². The Balaban J connectivity index is 1.79. The van der Waals surface area contributed by atoms with Crippen molar-refractivity contribution in [2.45, 2.75) is 32.9 Å². The third-order valence-electron chi connectivity index (χ3n) is 4.94. The van der Waals surface area contributed by atoms with Gasteiger partial charge in [0.25, 0.3) is 0 Å². The van der Waals surface area contributed by atoms with Crippen LogP contribution in [0.15, 0.2) is 24.3 Å². The van der Waals surface area contributed by atoms with Gasteiger partial charge in [-0.3, -0.25) is 19.4 Å². The first-order valence-corrected chi connectivity index (χ1v) is 9.63. The van der Waals surface area contributed by atoms with Crippen LogP contribution in [0.25, 0.3) is 0 Å². The predicted octanol–water partition coefficient (Wildman–Crippen LogP) is 1.32. The standard InChI is InChI=1S/C20H31FN4O2/c1-4-8-22-19(26)15-24-9-11-25(12-10-24)16(2)20(27)23(3)14-17-6-5-7-18(21)13-17/h5-7,13,16H,4,8-12,14-15H2,1-3H3,(H,22,26). The summed E-state index contributed by atoms with van der Waals surface area (Å²) in [5.41, 5.74) is 0.779. The summed E-state index contributed by atoms with van der Waals surface area (Å²) in [6, 6.07) is 6.09. The van der Waals surface area contributed by atoms with Crippen LogP contribution in [0.5, 0.6) is 0 Å². The summed E-state index contributed by atoms with van der Waals surface area (Å²) in [5.74, 6) is -0.210. The third kappa shape index (κ3) is 6.59. The van der Waals surface area contributed by atoms with Gasteiger partial charge in [-0.25, -0.2) is 4.39 Å². The minimum absolute atomic E-state index is 0.0217. The number of amides is 2. The van der Waals surface area contributed by atoms with E-state index in [1.165, 1.54) is 12.1 Å². The van der Waals surface area contributed by atoms with E-state index in [1.54, 1.807) is 18.0 Å². The number of benzene rings is 1. The number of nitrogens with zero attached hydrogens (tertiary/aromatic N) is 3. The first kappa shape index (κ1) is 21.3. The molecule has 1 atom stereocenters. The molecule has 1 aliphatic heterocycles. The average molecular weight is 378 g/mol.